The number of carbonyl (C=O) groups excluding carboxylic acids is 4. The number of rotatable bonds is 9. The van der Waals surface area contributed by atoms with E-state index in [1.54, 1.807) is 31.1 Å². The number of imidazole rings is 1. The Balaban J connectivity index is 0.000000643. The lowest BCUT2D eigenvalue weighted by atomic mass is 9.97. The number of methoxy groups -OCH3 is 1. The number of nitrogens with one attached hydrogen (secondary N) is 4. The molecule has 0 saturated heterocycles. The first-order valence-electron chi connectivity index (χ1n) is 16.0. The molecule has 15 heteroatoms. The van der Waals surface area contributed by atoms with Gasteiger partial charge in [-0.15, -0.1) is 0 Å². The van der Waals surface area contributed by atoms with E-state index >= 15 is 0 Å². The van der Waals surface area contributed by atoms with Crippen LogP contribution >= 0.6 is 11.6 Å². The standard InChI is InChI=1S/C29H34ClFN6O3.C3H6O2.C2H4O2/c1-32-17-9-10-18-22(15-17)33-13-5-3-4-7-19(27-34-16-23(18)35-27)28(38)37(2)14-6-8-24-25-21(36-29(39)40-24)12-11-20(30)26(25)31;1-2-5-3-4;1-4-2-3/h9-12,15-16,19,24,32-33H,3-8,13-14H2,1-2H3,(H,34,35)(H,36,39);3H,2H2,1H3;2H,1H3. The molecule has 0 spiro atoms. The van der Waals surface area contributed by atoms with E-state index in [2.05, 4.69) is 41.5 Å². The van der Waals surface area contributed by atoms with E-state index in [4.69, 9.17) is 21.1 Å². The highest BCUT2D eigenvalue weighted by Crippen LogP contribution is 2.38. The van der Waals surface area contributed by atoms with Gasteiger partial charge in [-0.1, -0.05) is 24.4 Å². The van der Waals surface area contributed by atoms with Gasteiger partial charge in [-0.05, 0) is 62.9 Å². The Morgan fingerprint density at radius 2 is 1.96 bits per heavy atom. The summed E-state index contributed by atoms with van der Waals surface area (Å²) in [7, 11) is 4.97. The van der Waals surface area contributed by atoms with Gasteiger partial charge in [0.05, 0.1) is 47.8 Å². The van der Waals surface area contributed by atoms with E-state index in [9.17, 15) is 18.8 Å². The molecule has 2 aliphatic heterocycles. The van der Waals surface area contributed by atoms with Crippen molar-refractivity contribution >= 4 is 53.6 Å². The number of benzene rings is 2. The van der Waals surface area contributed by atoms with Crippen molar-refractivity contribution in [1.29, 1.82) is 0 Å². The van der Waals surface area contributed by atoms with Crippen molar-refractivity contribution in [3.05, 3.63) is 58.8 Å². The number of ether oxygens (including phenoxy) is 3. The predicted octanol–water partition coefficient (Wildman–Crippen LogP) is 6.49. The van der Waals surface area contributed by atoms with E-state index in [1.807, 2.05) is 19.2 Å². The molecule has 1 aromatic heterocycles. The van der Waals surface area contributed by atoms with Crippen LogP contribution in [0.1, 0.15) is 68.9 Å². The maximum atomic E-state index is 14.8. The summed E-state index contributed by atoms with van der Waals surface area (Å²) in [6.45, 7) is 4.30. The number of hydrogen-bond donors (Lipinski definition) is 4. The minimum Gasteiger partial charge on any atom is -0.471 e. The topological polar surface area (TPSA) is 164 Å². The Labute approximate surface area is 290 Å². The summed E-state index contributed by atoms with van der Waals surface area (Å²) in [5.74, 6) is -0.387. The number of halogens is 2. The van der Waals surface area contributed by atoms with Gasteiger partial charge in [-0.2, -0.15) is 0 Å². The highest BCUT2D eigenvalue weighted by Gasteiger charge is 2.31. The summed E-state index contributed by atoms with van der Waals surface area (Å²) < 4.78 is 28.1. The van der Waals surface area contributed by atoms with Crippen LogP contribution in [0.3, 0.4) is 0 Å². The zero-order chi connectivity index (χ0) is 35.8. The number of H-pyrrole nitrogens is 1. The monoisotopic (exact) mass is 702 g/mol. The lowest BCUT2D eigenvalue weighted by molar-refractivity contribution is -0.132. The summed E-state index contributed by atoms with van der Waals surface area (Å²) in [5.41, 5.74) is 4.48. The van der Waals surface area contributed by atoms with Crippen LogP contribution in [0.15, 0.2) is 36.5 Å². The van der Waals surface area contributed by atoms with Gasteiger partial charge in [0.1, 0.15) is 11.9 Å². The third-order valence-electron chi connectivity index (χ3n) is 7.91. The van der Waals surface area contributed by atoms with Crippen LogP contribution in [0.2, 0.25) is 5.02 Å². The number of aromatic amines is 1. The molecule has 266 valence electrons. The highest BCUT2D eigenvalue weighted by molar-refractivity contribution is 6.31. The van der Waals surface area contributed by atoms with Gasteiger partial charge in [0.2, 0.25) is 5.91 Å². The van der Waals surface area contributed by atoms with E-state index < -0.39 is 23.9 Å². The van der Waals surface area contributed by atoms with Gasteiger partial charge in [0, 0.05) is 44.1 Å². The average Bonchev–Trinajstić information content (AvgIpc) is 3.59. The molecular formula is C34H44ClFN6O7. The van der Waals surface area contributed by atoms with E-state index in [0.29, 0.717) is 56.9 Å². The van der Waals surface area contributed by atoms with Gasteiger partial charge in [0.15, 0.2) is 5.82 Å². The SMILES string of the molecule is CCOC=O.CNc1ccc2c(c1)NCCCCCC(C(=O)N(C)CCCC1OC(=O)Nc3ccc(Cl)c(F)c31)c1ncc-2[nH]1.COC=O. The number of hydrogen-bond acceptors (Lipinski definition) is 10. The van der Waals surface area contributed by atoms with Gasteiger partial charge < -0.3 is 34.7 Å². The molecule has 0 aliphatic carbocycles. The van der Waals surface area contributed by atoms with Crippen LogP contribution < -0.4 is 16.0 Å². The van der Waals surface area contributed by atoms with Crippen LogP contribution in [-0.4, -0.2) is 80.7 Å². The maximum absolute atomic E-state index is 14.8. The van der Waals surface area contributed by atoms with E-state index in [-0.39, 0.29) is 16.5 Å². The number of nitrogens with zero attached hydrogens (tertiary/aromatic N) is 2. The Morgan fingerprint density at radius 1 is 1.18 bits per heavy atom. The number of likely N-dealkylation sites (N-methyl/N-ethyl adjacent to an activating group) is 1. The van der Waals surface area contributed by atoms with Crippen molar-refractivity contribution in [1.82, 2.24) is 14.9 Å². The Kier molecular flexibility index (Phi) is 15.6. The number of cyclic esters (lactones) is 1. The lowest BCUT2D eigenvalue weighted by Crippen LogP contribution is -2.33. The Hall–Kier alpha value is -4.85. The molecule has 2 bridgehead atoms. The van der Waals surface area contributed by atoms with Gasteiger partial charge >= 0.3 is 6.09 Å². The normalized spacial score (nSPS) is 16.2. The molecule has 3 aromatic rings. The van der Waals surface area contributed by atoms with E-state index in [0.717, 1.165) is 48.4 Å². The minimum atomic E-state index is -0.781. The molecule has 0 fully saturated rings. The molecule has 2 aromatic carbocycles. The van der Waals surface area contributed by atoms with Gasteiger partial charge in [-0.3, -0.25) is 19.7 Å². The molecule has 2 unspecified atom stereocenters. The van der Waals surface area contributed by atoms with Gasteiger partial charge in [-0.25, -0.2) is 14.2 Å². The summed E-state index contributed by atoms with van der Waals surface area (Å²) in [5, 5.41) is 9.21. The number of carbonyl (C=O) groups is 4. The van der Waals surface area contributed by atoms with Crippen molar-refractivity contribution in [2.75, 3.05) is 56.9 Å². The van der Waals surface area contributed by atoms with Crippen LogP contribution in [-0.2, 0) is 28.6 Å². The number of anilines is 3. The summed E-state index contributed by atoms with van der Waals surface area (Å²) in [6, 6.07) is 9.11. The first-order valence-corrected chi connectivity index (χ1v) is 16.4. The second-order valence-corrected chi connectivity index (χ2v) is 11.6. The average molecular weight is 703 g/mol. The quantitative estimate of drug-likeness (QED) is 0.143. The molecule has 13 nitrogen and oxygen atoms in total. The van der Waals surface area contributed by atoms with Crippen LogP contribution in [0.4, 0.5) is 26.2 Å². The fraction of sp³-hybridized carbons (Fsp3) is 0.441. The highest BCUT2D eigenvalue weighted by atomic mass is 35.5. The molecule has 3 heterocycles. The van der Waals surface area contributed by atoms with Crippen molar-refractivity contribution in [2.24, 2.45) is 0 Å². The molecule has 0 radical (unpaired) electrons. The smallest absolute Gasteiger partial charge is 0.412 e. The maximum Gasteiger partial charge on any atom is 0.412 e. The molecule has 4 N–H and O–H groups in total. The number of fused-ring (bicyclic) bond motifs is 5. The molecule has 2 aliphatic rings. The van der Waals surface area contributed by atoms with Gasteiger partial charge in [0.25, 0.3) is 12.9 Å². The molecule has 5 rings (SSSR count). The molecular weight excluding hydrogens is 659 g/mol. The van der Waals surface area contributed by atoms with Crippen LogP contribution in [0.5, 0.6) is 0 Å². The van der Waals surface area contributed by atoms with Crippen molar-refractivity contribution in [2.45, 2.75) is 57.5 Å². The number of amides is 2. The molecule has 49 heavy (non-hydrogen) atoms. The first kappa shape index (κ1) is 38.6. The first-order chi connectivity index (χ1) is 23.7. The Morgan fingerprint density at radius 3 is 2.63 bits per heavy atom. The van der Waals surface area contributed by atoms with Crippen molar-refractivity contribution < 1.29 is 37.8 Å². The Bertz CT molecular complexity index is 1560. The zero-order valence-corrected chi connectivity index (χ0v) is 28.9. The second kappa shape index (κ2) is 19.8. The fourth-order valence-electron chi connectivity index (χ4n) is 5.46. The molecule has 0 saturated carbocycles. The van der Waals surface area contributed by atoms with Crippen LogP contribution in [0, 0.1) is 5.82 Å². The lowest BCUT2D eigenvalue weighted by Gasteiger charge is -2.28. The van der Waals surface area contributed by atoms with Crippen molar-refractivity contribution in [3.63, 3.8) is 0 Å². The predicted molar refractivity (Wildman–Crippen MR) is 185 cm³/mol. The molecule has 2 atom stereocenters. The third kappa shape index (κ3) is 10.8. The minimum absolute atomic E-state index is 0.0289. The zero-order valence-electron chi connectivity index (χ0n) is 28.1. The fourth-order valence-corrected chi connectivity index (χ4v) is 5.63. The number of aromatic nitrogens is 2. The second-order valence-electron chi connectivity index (χ2n) is 11.1. The van der Waals surface area contributed by atoms with Crippen LogP contribution in [0.25, 0.3) is 11.3 Å². The summed E-state index contributed by atoms with van der Waals surface area (Å²) in [4.78, 5) is 53.5. The third-order valence-corrected chi connectivity index (χ3v) is 8.21. The largest absolute Gasteiger partial charge is 0.471 e. The summed E-state index contributed by atoms with van der Waals surface area (Å²) in [6.07, 6.45) is 4.80. The van der Waals surface area contributed by atoms with Crippen molar-refractivity contribution in [3.8, 4) is 11.3 Å². The molecule has 2 amide bonds. The van der Waals surface area contributed by atoms with E-state index in [1.165, 1.54) is 13.2 Å². The summed E-state index contributed by atoms with van der Waals surface area (Å²) >= 11 is 5.97.